The van der Waals surface area contributed by atoms with Crippen LogP contribution in [0, 0.1) is 27.7 Å². The van der Waals surface area contributed by atoms with Gasteiger partial charge in [0.25, 0.3) is 0 Å². The van der Waals surface area contributed by atoms with Crippen LogP contribution in [-0.2, 0) is 26.2 Å². The standard InChI is InChI=1S/C40H42Si.2ClH.Zr/c1-25(2)33-21-19-27(5)35-23-29(7)39(37(33)35)41(31-15-11-9-12-16-31,32-17-13-10-14-18-32)40-30(8)24-36-28(6)20-22-34(26(3)4)38(36)40;;;/h9-26H,1-8H3;2*1H;/q-2;;;+4/p-2. The second-order valence-electron chi connectivity index (χ2n) is 12.7. The average Bonchev–Trinajstić information content (AvgIpc) is 3.49. The maximum absolute atomic E-state index is 2.81. The molecule has 0 fully saturated rings. The van der Waals surface area contributed by atoms with Gasteiger partial charge in [0, 0.05) is 0 Å². The fourth-order valence-corrected chi connectivity index (χ4v) is 13.3. The van der Waals surface area contributed by atoms with Crippen molar-refractivity contribution in [2.75, 3.05) is 0 Å². The van der Waals surface area contributed by atoms with E-state index >= 15 is 0 Å². The molecule has 0 unspecified atom stereocenters. The van der Waals surface area contributed by atoms with E-state index in [1.807, 2.05) is 0 Å². The van der Waals surface area contributed by atoms with Crippen LogP contribution in [0.25, 0.3) is 21.5 Å². The molecule has 6 aromatic carbocycles. The summed E-state index contributed by atoms with van der Waals surface area (Å²) in [5, 5.41) is 11.9. The third-order valence-electron chi connectivity index (χ3n) is 9.41. The van der Waals surface area contributed by atoms with Gasteiger partial charge in [0.05, 0.1) is 8.07 Å². The Kier molecular flexibility index (Phi) is 11.6. The molecule has 0 aromatic heterocycles. The first-order valence-electron chi connectivity index (χ1n) is 15.2. The van der Waals surface area contributed by atoms with Gasteiger partial charge < -0.3 is 24.8 Å². The molecule has 0 N–H and O–H groups in total. The summed E-state index contributed by atoms with van der Waals surface area (Å²) >= 11 is 0. The number of hydrogen-bond donors (Lipinski definition) is 0. The average molecular weight is 713 g/mol. The maximum Gasteiger partial charge on any atom is 4.00 e. The minimum absolute atomic E-state index is 0. The summed E-state index contributed by atoms with van der Waals surface area (Å²) in [6.45, 7) is 18.7. The predicted molar refractivity (Wildman–Crippen MR) is 183 cm³/mol. The molecule has 0 spiro atoms. The Labute approximate surface area is 297 Å². The monoisotopic (exact) mass is 710 g/mol. The molecule has 6 rings (SSSR count). The van der Waals surface area contributed by atoms with Gasteiger partial charge in [0.1, 0.15) is 0 Å². The third-order valence-corrected chi connectivity index (χ3v) is 14.6. The molecule has 0 bridgehead atoms. The number of halogens is 2. The minimum Gasteiger partial charge on any atom is -1.00 e. The molecular weight excluding hydrogens is 671 g/mol. The van der Waals surface area contributed by atoms with Gasteiger partial charge in [-0.15, -0.1) is 78.4 Å². The summed E-state index contributed by atoms with van der Waals surface area (Å²) in [5.74, 6) is 0.866. The van der Waals surface area contributed by atoms with Crippen LogP contribution in [0.15, 0.2) is 97.1 Å². The van der Waals surface area contributed by atoms with Crippen molar-refractivity contribution in [3.8, 4) is 0 Å². The van der Waals surface area contributed by atoms with Crippen molar-refractivity contribution in [2.24, 2.45) is 0 Å². The number of benzene rings is 4. The summed E-state index contributed by atoms with van der Waals surface area (Å²) < 4.78 is 0. The van der Waals surface area contributed by atoms with Crippen LogP contribution < -0.4 is 45.6 Å². The van der Waals surface area contributed by atoms with Crippen molar-refractivity contribution < 1.29 is 51.0 Å². The molecule has 0 aliphatic rings. The Morgan fingerprint density at radius 2 is 0.841 bits per heavy atom. The van der Waals surface area contributed by atoms with E-state index in [4.69, 9.17) is 0 Å². The van der Waals surface area contributed by atoms with E-state index in [9.17, 15) is 0 Å². The van der Waals surface area contributed by atoms with E-state index in [0.717, 1.165) is 0 Å². The van der Waals surface area contributed by atoms with Crippen molar-refractivity contribution >= 4 is 50.4 Å². The maximum atomic E-state index is 2.49. The minimum atomic E-state index is -2.81. The van der Waals surface area contributed by atoms with E-state index < -0.39 is 8.07 Å². The molecule has 0 saturated heterocycles. The summed E-state index contributed by atoms with van der Waals surface area (Å²) in [7, 11) is -2.81. The van der Waals surface area contributed by atoms with Crippen LogP contribution in [0.2, 0.25) is 0 Å². The van der Waals surface area contributed by atoms with Gasteiger partial charge in [0.15, 0.2) is 0 Å². The zero-order chi connectivity index (χ0) is 29.1. The van der Waals surface area contributed by atoms with E-state index in [-0.39, 0.29) is 51.0 Å². The molecule has 0 amide bonds. The first-order chi connectivity index (χ1) is 19.7. The van der Waals surface area contributed by atoms with Gasteiger partial charge in [-0.1, -0.05) is 150 Å². The molecule has 6 aromatic rings. The molecule has 0 saturated carbocycles. The van der Waals surface area contributed by atoms with E-state index in [1.54, 1.807) is 10.4 Å². The van der Waals surface area contributed by atoms with Crippen LogP contribution in [-0.4, -0.2) is 8.07 Å². The molecule has 44 heavy (non-hydrogen) atoms. The van der Waals surface area contributed by atoms with Crippen molar-refractivity contribution in [1.29, 1.82) is 0 Å². The van der Waals surface area contributed by atoms with E-state index in [0.29, 0.717) is 11.8 Å². The van der Waals surface area contributed by atoms with Crippen LogP contribution >= 0.6 is 0 Å². The smallest absolute Gasteiger partial charge is 1.00 e. The second-order valence-corrected chi connectivity index (χ2v) is 16.4. The molecule has 0 heterocycles. The summed E-state index contributed by atoms with van der Waals surface area (Å²) in [6.07, 6.45) is 0. The number of aryl methyl sites for hydroxylation is 4. The summed E-state index contributed by atoms with van der Waals surface area (Å²) in [6, 6.07) is 37.5. The summed E-state index contributed by atoms with van der Waals surface area (Å²) in [5.41, 5.74) is 8.50. The Bertz CT molecular complexity index is 1740. The Morgan fingerprint density at radius 3 is 1.16 bits per heavy atom. The van der Waals surface area contributed by atoms with Crippen molar-refractivity contribution in [3.05, 3.63) is 130 Å². The molecule has 4 heteroatoms. The van der Waals surface area contributed by atoms with Gasteiger partial charge in [-0.25, -0.2) is 0 Å². The van der Waals surface area contributed by atoms with Crippen LogP contribution in [0.3, 0.4) is 0 Å². The second kappa shape index (κ2) is 14.0. The van der Waals surface area contributed by atoms with Crippen LogP contribution in [0.1, 0.15) is 72.9 Å². The molecule has 0 atom stereocenters. The van der Waals surface area contributed by atoms with Crippen molar-refractivity contribution in [3.63, 3.8) is 0 Å². The fourth-order valence-electron chi connectivity index (χ4n) is 7.56. The first kappa shape index (κ1) is 36.3. The predicted octanol–water partition coefficient (Wildman–Crippen LogP) is 2.29. The SMILES string of the molecule is Cc1[cH-]c2c(C)ccc(C(C)C)c2c1[Si](c1ccccc1)(c1ccccc1)c1c(C)[cH-]c2c(C)ccc(C(C)C)c12.[Cl-].[Cl-].[Zr+4]. The van der Waals surface area contributed by atoms with Crippen LogP contribution in [0.5, 0.6) is 0 Å². The topological polar surface area (TPSA) is 0 Å². The van der Waals surface area contributed by atoms with Gasteiger partial charge in [-0.2, -0.15) is 0 Å². The Hall–Kier alpha value is -2.22. The first-order valence-corrected chi connectivity index (χ1v) is 17.2. The van der Waals surface area contributed by atoms with Gasteiger partial charge in [-0.3, -0.25) is 0 Å². The zero-order valence-electron chi connectivity index (χ0n) is 27.1. The number of rotatable bonds is 6. The van der Waals surface area contributed by atoms with Gasteiger partial charge in [-0.05, 0) is 11.8 Å². The quantitative estimate of drug-likeness (QED) is 0.184. The van der Waals surface area contributed by atoms with Gasteiger partial charge >= 0.3 is 26.2 Å². The molecule has 0 aliphatic carbocycles. The molecule has 0 nitrogen and oxygen atoms in total. The third kappa shape index (κ3) is 5.55. The molecular formula is C40H42Cl2SiZr. The Balaban J connectivity index is 0.00000176. The van der Waals surface area contributed by atoms with E-state index in [2.05, 4.69) is 152 Å². The molecule has 224 valence electrons. The normalized spacial score (nSPS) is 11.5. The summed E-state index contributed by atoms with van der Waals surface area (Å²) in [4.78, 5) is 0. The molecule has 0 radical (unpaired) electrons. The zero-order valence-corrected chi connectivity index (χ0v) is 32.1. The van der Waals surface area contributed by atoms with E-state index in [1.165, 1.54) is 65.3 Å². The van der Waals surface area contributed by atoms with Crippen LogP contribution in [0.4, 0.5) is 0 Å². The van der Waals surface area contributed by atoms with Crippen molar-refractivity contribution in [2.45, 2.75) is 67.2 Å². The number of fused-ring (bicyclic) bond motifs is 2. The van der Waals surface area contributed by atoms with Crippen molar-refractivity contribution in [1.82, 2.24) is 0 Å². The Morgan fingerprint density at radius 1 is 0.500 bits per heavy atom. The number of hydrogen-bond acceptors (Lipinski definition) is 0. The fraction of sp³-hybridized carbons (Fsp3) is 0.250. The largest absolute Gasteiger partial charge is 4.00 e. The van der Waals surface area contributed by atoms with Gasteiger partial charge in [0.2, 0.25) is 0 Å². The molecule has 0 aliphatic heterocycles.